The first kappa shape index (κ1) is 15.4. The predicted molar refractivity (Wildman–Crippen MR) is 86.3 cm³/mol. The predicted octanol–water partition coefficient (Wildman–Crippen LogP) is 2.67. The van der Waals surface area contributed by atoms with E-state index in [1.54, 1.807) is 41.5 Å². The molecule has 2 heterocycles. The van der Waals surface area contributed by atoms with Crippen LogP contribution in [0.1, 0.15) is 5.56 Å². The summed E-state index contributed by atoms with van der Waals surface area (Å²) in [5, 5.41) is 11.0. The number of rotatable bonds is 5. The monoisotopic (exact) mass is 377 g/mol. The van der Waals surface area contributed by atoms with Gasteiger partial charge in [0.2, 0.25) is 5.91 Å². The second kappa shape index (κ2) is 6.74. The fourth-order valence-electron chi connectivity index (χ4n) is 2.05. The maximum absolute atomic E-state index is 12.9. The van der Waals surface area contributed by atoms with Gasteiger partial charge in [0.05, 0.1) is 17.2 Å². The third-order valence-electron chi connectivity index (χ3n) is 3.07. The first-order valence-corrected chi connectivity index (χ1v) is 7.63. The van der Waals surface area contributed by atoms with Crippen LogP contribution >= 0.6 is 15.9 Å². The Bertz CT molecular complexity index is 811. The van der Waals surface area contributed by atoms with Crippen molar-refractivity contribution < 1.29 is 9.18 Å². The van der Waals surface area contributed by atoms with Crippen molar-refractivity contribution in [3.05, 3.63) is 64.8 Å². The molecule has 23 heavy (non-hydrogen) atoms. The molecule has 1 N–H and O–H groups in total. The number of nitrogens with one attached hydrogen (secondary N) is 1. The lowest BCUT2D eigenvalue weighted by atomic mass is 10.2. The van der Waals surface area contributed by atoms with Crippen molar-refractivity contribution in [1.82, 2.24) is 19.6 Å². The number of carbonyl (C=O) groups is 1. The minimum absolute atomic E-state index is 0.108. The van der Waals surface area contributed by atoms with E-state index < -0.39 is 0 Å². The molecule has 8 heteroatoms. The van der Waals surface area contributed by atoms with Crippen molar-refractivity contribution >= 4 is 27.7 Å². The highest BCUT2D eigenvalue weighted by molar-refractivity contribution is 9.10. The molecule has 0 aliphatic rings. The van der Waals surface area contributed by atoms with Crippen LogP contribution in [0.5, 0.6) is 0 Å². The highest BCUT2D eigenvalue weighted by Gasteiger charge is 2.07. The molecule has 0 unspecified atom stereocenters. The van der Waals surface area contributed by atoms with Crippen molar-refractivity contribution in [2.75, 3.05) is 5.32 Å². The number of hydrogen-bond acceptors (Lipinski definition) is 3. The summed E-state index contributed by atoms with van der Waals surface area (Å²) in [5.74, 6) is -0.0246. The van der Waals surface area contributed by atoms with Gasteiger partial charge >= 0.3 is 0 Å². The molecule has 0 atom stereocenters. The quantitative estimate of drug-likeness (QED) is 0.743. The smallest absolute Gasteiger partial charge is 0.247 e. The summed E-state index contributed by atoms with van der Waals surface area (Å²) in [4.78, 5) is 11.9. The van der Waals surface area contributed by atoms with Gasteiger partial charge in [-0.25, -0.2) is 4.39 Å². The zero-order valence-corrected chi connectivity index (χ0v) is 13.6. The standard InChI is InChI=1S/C15H13BrFN5O/c16-12-7-18-22(9-12)10-15(23)19-14-5-6-21(20-14)8-11-1-3-13(17)4-2-11/h1-7,9H,8,10H2,(H,19,20,23). The second-order valence-electron chi connectivity index (χ2n) is 4.93. The van der Waals surface area contributed by atoms with E-state index in [9.17, 15) is 9.18 Å². The highest BCUT2D eigenvalue weighted by Crippen LogP contribution is 2.09. The van der Waals surface area contributed by atoms with Gasteiger partial charge in [-0.1, -0.05) is 12.1 Å². The molecule has 3 rings (SSSR count). The maximum Gasteiger partial charge on any atom is 0.247 e. The van der Waals surface area contributed by atoms with Gasteiger partial charge in [-0.15, -0.1) is 0 Å². The summed E-state index contributed by atoms with van der Waals surface area (Å²) in [7, 11) is 0. The van der Waals surface area contributed by atoms with Crippen LogP contribution in [0.25, 0.3) is 0 Å². The number of aromatic nitrogens is 4. The van der Waals surface area contributed by atoms with Crippen LogP contribution in [0.15, 0.2) is 53.4 Å². The van der Waals surface area contributed by atoms with Crippen molar-refractivity contribution in [2.45, 2.75) is 13.1 Å². The summed E-state index contributed by atoms with van der Waals surface area (Å²) in [5.41, 5.74) is 0.925. The number of anilines is 1. The van der Waals surface area contributed by atoms with Gasteiger partial charge in [-0.3, -0.25) is 14.2 Å². The molecule has 1 aromatic carbocycles. The first-order valence-electron chi connectivity index (χ1n) is 6.84. The SMILES string of the molecule is O=C(Cn1cc(Br)cn1)Nc1ccn(Cc2ccc(F)cc2)n1. The number of benzene rings is 1. The van der Waals surface area contributed by atoms with E-state index in [1.807, 2.05) is 0 Å². The van der Waals surface area contributed by atoms with Crippen LogP contribution in [0, 0.1) is 5.82 Å². The third-order valence-corrected chi connectivity index (χ3v) is 3.48. The fraction of sp³-hybridized carbons (Fsp3) is 0.133. The van der Waals surface area contributed by atoms with Gasteiger partial charge in [0.25, 0.3) is 0 Å². The third kappa shape index (κ3) is 4.26. The van der Waals surface area contributed by atoms with Crippen molar-refractivity contribution in [3.8, 4) is 0 Å². The van der Waals surface area contributed by atoms with E-state index in [4.69, 9.17) is 0 Å². The molecule has 0 aliphatic heterocycles. The van der Waals surface area contributed by atoms with Crippen LogP contribution in [0.4, 0.5) is 10.2 Å². The van der Waals surface area contributed by atoms with Crippen LogP contribution in [0.3, 0.4) is 0 Å². The second-order valence-corrected chi connectivity index (χ2v) is 5.85. The minimum Gasteiger partial charge on any atom is -0.308 e. The van der Waals surface area contributed by atoms with Crippen LogP contribution in [0.2, 0.25) is 0 Å². The molecule has 1 amide bonds. The van der Waals surface area contributed by atoms with E-state index in [1.165, 1.54) is 16.8 Å². The summed E-state index contributed by atoms with van der Waals surface area (Å²) in [6.07, 6.45) is 5.08. The van der Waals surface area contributed by atoms with Crippen LogP contribution < -0.4 is 5.32 Å². The Labute approximate surface area is 140 Å². The number of amides is 1. The zero-order chi connectivity index (χ0) is 16.2. The average molecular weight is 378 g/mol. The Morgan fingerprint density at radius 1 is 1.22 bits per heavy atom. The van der Waals surface area contributed by atoms with Crippen LogP contribution in [-0.2, 0) is 17.9 Å². The molecular weight excluding hydrogens is 365 g/mol. The molecule has 0 saturated heterocycles. The summed E-state index contributed by atoms with van der Waals surface area (Å²) < 4.78 is 16.9. The maximum atomic E-state index is 12.9. The largest absolute Gasteiger partial charge is 0.308 e. The molecule has 118 valence electrons. The van der Waals surface area contributed by atoms with Crippen molar-refractivity contribution in [1.29, 1.82) is 0 Å². The number of halogens is 2. The van der Waals surface area contributed by atoms with E-state index >= 15 is 0 Å². The molecule has 0 saturated carbocycles. The lowest BCUT2D eigenvalue weighted by Gasteiger charge is -2.03. The van der Waals surface area contributed by atoms with E-state index in [-0.39, 0.29) is 18.3 Å². The molecule has 6 nitrogen and oxygen atoms in total. The number of carbonyl (C=O) groups excluding carboxylic acids is 1. The van der Waals surface area contributed by atoms with Gasteiger partial charge in [-0.2, -0.15) is 10.2 Å². The van der Waals surface area contributed by atoms with E-state index in [2.05, 4.69) is 31.4 Å². The van der Waals surface area contributed by atoms with Crippen LogP contribution in [-0.4, -0.2) is 25.5 Å². The Balaban J connectivity index is 1.58. The lowest BCUT2D eigenvalue weighted by molar-refractivity contribution is -0.116. The normalized spacial score (nSPS) is 10.7. The minimum atomic E-state index is -0.271. The molecule has 0 fully saturated rings. The Morgan fingerprint density at radius 3 is 2.70 bits per heavy atom. The molecule has 0 radical (unpaired) electrons. The number of nitrogens with zero attached hydrogens (tertiary/aromatic N) is 4. The number of hydrogen-bond donors (Lipinski definition) is 1. The first-order chi connectivity index (χ1) is 11.1. The molecular formula is C15H13BrFN5O. The topological polar surface area (TPSA) is 64.7 Å². The molecule has 3 aromatic rings. The summed E-state index contributed by atoms with van der Waals surface area (Å²) in [6, 6.07) is 7.92. The van der Waals surface area contributed by atoms with Gasteiger partial charge in [0.15, 0.2) is 5.82 Å². The van der Waals surface area contributed by atoms with Gasteiger partial charge in [0.1, 0.15) is 12.4 Å². The molecule has 0 aliphatic carbocycles. The average Bonchev–Trinajstić information content (AvgIpc) is 3.11. The van der Waals surface area contributed by atoms with E-state index in [0.717, 1.165) is 10.0 Å². The summed E-state index contributed by atoms with van der Waals surface area (Å²) >= 11 is 3.27. The van der Waals surface area contributed by atoms with Gasteiger partial charge < -0.3 is 5.32 Å². The van der Waals surface area contributed by atoms with Crippen molar-refractivity contribution in [2.24, 2.45) is 0 Å². The zero-order valence-electron chi connectivity index (χ0n) is 12.0. The highest BCUT2D eigenvalue weighted by atomic mass is 79.9. The molecule has 2 aromatic heterocycles. The molecule has 0 spiro atoms. The summed E-state index contributed by atoms with van der Waals surface area (Å²) in [6.45, 7) is 0.610. The Hall–Kier alpha value is -2.48. The van der Waals surface area contributed by atoms with Crippen molar-refractivity contribution in [3.63, 3.8) is 0 Å². The molecule has 0 bridgehead atoms. The fourth-order valence-corrected chi connectivity index (χ4v) is 2.38. The Kier molecular flexibility index (Phi) is 4.52. The van der Waals surface area contributed by atoms with E-state index in [0.29, 0.717) is 12.4 Å². The Morgan fingerprint density at radius 2 is 2.00 bits per heavy atom. The van der Waals surface area contributed by atoms with Gasteiger partial charge in [-0.05, 0) is 33.6 Å². The lowest BCUT2D eigenvalue weighted by Crippen LogP contribution is -2.19. The van der Waals surface area contributed by atoms with Gasteiger partial charge in [0, 0.05) is 18.5 Å².